The largest absolute Gasteiger partial charge is 0.270 e. The molecule has 0 radical (unpaired) electrons. The Morgan fingerprint density at radius 1 is 1.17 bits per heavy atom. The highest BCUT2D eigenvalue weighted by molar-refractivity contribution is 6.12. The number of rotatable bonds is 4. The monoisotopic (exact) mass is 318 g/mol. The molecular weight excluding hydrogens is 292 g/mol. The van der Waals surface area contributed by atoms with E-state index in [4.69, 9.17) is 4.99 Å². The molecule has 124 valence electrons. The van der Waals surface area contributed by atoms with Gasteiger partial charge >= 0.3 is 0 Å². The minimum atomic E-state index is 0.820. The third-order valence-electron chi connectivity index (χ3n) is 3.88. The Morgan fingerprint density at radius 3 is 2.54 bits per heavy atom. The van der Waals surface area contributed by atoms with Crippen LogP contribution in [0.25, 0.3) is 5.57 Å². The zero-order valence-electron chi connectivity index (χ0n) is 15.3. The molecule has 1 aromatic carbocycles. The molecule has 0 saturated carbocycles. The van der Waals surface area contributed by atoms with E-state index >= 15 is 0 Å². The fourth-order valence-electron chi connectivity index (χ4n) is 2.74. The number of allylic oxidation sites excluding steroid dienone is 7. The maximum atomic E-state index is 4.74. The fourth-order valence-corrected chi connectivity index (χ4v) is 2.74. The molecule has 0 atom stereocenters. The van der Waals surface area contributed by atoms with Crippen molar-refractivity contribution in [3.8, 4) is 0 Å². The first kappa shape index (κ1) is 17.9. The van der Waals surface area contributed by atoms with E-state index in [-0.39, 0.29) is 0 Å². The second-order valence-electron chi connectivity index (χ2n) is 6.15. The van der Waals surface area contributed by atoms with Gasteiger partial charge < -0.3 is 0 Å². The second-order valence-corrected chi connectivity index (χ2v) is 6.15. The van der Waals surface area contributed by atoms with E-state index in [1.807, 2.05) is 13.8 Å². The summed E-state index contributed by atoms with van der Waals surface area (Å²) in [6.45, 7) is 8.31. The molecule has 0 heterocycles. The maximum Gasteiger partial charge on any atom is 0.150 e. The summed E-state index contributed by atoms with van der Waals surface area (Å²) in [5.74, 6) is 0.820. The Balaban J connectivity index is 2.31. The SMILES string of the molecule is C/C=C\C(=C/C(C)=NC(=NC)C1=CC=C(C)C1)c1cccc(C)c1. The van der Waals surface area contributed by atoms with Crippen LogP contribution < -0.4 is 0 Å². The third-order valence-corrected chi connectivity index (χ3v) is 3.88. The van der Waals surface area contributed by atoms with E-state index < -0.39 is 0 Å². The molecule has 2 nitrogen and oxygen atoms in total. The van der Waals surface area contributed by atoms with E-state index in [1.165, 1.54) is 22.3 Å². The van der Waals surface area contributed by atoms with Crippen molar-refractivity contribution in [3.05, 3.63) is 76.9 Å². The minimum Gasteiger partial charge on any atom is -0.270 e. The van der Waals surface area contributed by atoms with Crippen molar-refractivity contribution in [2.75, 3.05) is 7.05 Å². The van der Waals surface area contributed by atoms with Gasteiger partial charge in [-0.1, -0.05) is 59.7 Å². The van der Waals surface area contributed by atoms with Crippen LogP contribution in [0.2, 0.25) is 0 Å². The first-order valence-electron chi connectivity index (χ1n) is 8.33. The molecule has 2 heteroatoms. The van der Waals surface area contributed by atoms with Crippen molar-refractivity contribution in [2.24, 2.45) is 9.98 Å². The lowest BCUT2D eigenvalue weighted by Gasteiger charge is -2.06. The van der Waals surface area contributed by atoms with Crippen LogP contribution in [0.4, 0.5) is 0 Å². The minimum absolute atomic E-state index is 0.820. The van der Waals surface area contributed by atoms with Crippen LogP contribution in [0.3, 0.4) is 0 Å². The predicted octanol–water partition coefficient (Wildman–Crippen LogP) is 5.72. The number of hydrogen-bond acceptors (Lipinski definition) is 1. The normalized spacial score (nSPS) is 16.6. The van der Waals surface area contributed by atoms with Crippen LogP contribution in [-0.4, -0.2) is 18.6 Å². The molecule has 24 heavy (non-hydrogen) atoms. The van der Waals surface area contributed by atoms with E-state index in [0.717, 1.165) is 23.5 Å². The van der Waals surface area contributed by atoms with Crippen molar-refractivity contribution in [3.63, 3.8) is 0 Å². The van der Waals surface area contributed by atoms with Gasteiger partial charge in [0.15, 0.2) is 5.84 Å². The standard InChI is InChI=1S/C22H26N2/c1-6-8-19(20-10-7-9-16(2)13-20)15-18(4)24-22(23-5)21-12-11-17(3)14-21/h6-13,15H,14H2,1-5H3/b8-6-,19-15+,23-22?,24-18?. The van der Waals surface area contributed by atoms with E-state index in [9.17, 15) is 0 Å². The molecule has 0 saturated heterocycles. The lowest BCUT2D eigenvalue weighted by Crippen LogP contribution is -2.02. The number of amidine groups is 1. The molecular formula is C22H26N2. The Kier molecular flexibility index (Phi) is 6.25. The van der Waals surface area contributed by atoms with E-state index in [1.54, 1.807) is 7.05 Å². The Morgan fingerprint density at radius 2 is 1.96 bits per heavy atom. The van der Waals surface area contributed by atoms with Gasteiger partial charge in [-0.25, -0.2) is 4.99 Å². The molecule has 0 fully saturated rings. The van der Waals surface area contributed by atoms with Gasteiger partial charge in [-0.3, -0.25) is 4.99 Å². The van der Waals surface area contributed by atoms with Gasteiger partial charge in [-0.05, 0) is 51.3 Å². The molecule has 1 aromatic rings. The maximum absolute atomic E-state index is 4.74. The zero-order chi connectivity index (χ0) is 17.5. The van der Waals surface area contributed by atoms with Gasteiger partial charge in [0.25, 0.3) is 0 Å². The van der Waals surface area contributed by atoms with Crippen LogP contribution in [0, 0.1) is 6.92 Å². The van der Waals surface area contributed by atoms with Gasteiger partial charge in [0, 0.05) is 18.3 Å². The van der Waals surface area contributed by atoms with Gasteiger partial charge in [-0.15, -0.1) is 0 Å². The van der Waals surface area contributed by atoms with Crippen LogP contribution in [0.15, 0.2) is 75.8 Å². The lowest BCUT2D eigenvalue weighted by molar-refractivity contribution is 1.19. The summed E-state index contributed by atoms with van der Waals surface area (Å²) in [7, 11) is 1.80. The number of aliphatic imine (C=N–C) groups is 2. The summed E-state index contributed by atoms with van der Waals surface area (Å²) in [5.41, 5.74) is 7.11. The quantitative estimate of drug-likeness (QED) is 0.385. The number of aryl methyl sites for hydroxylation is 1. The molecule has 0 unspecified atom stereocenters. The van der Waals surface area contributed by atoms with E-state index in [0.29, 0.717) is 0 Å². The molecule has 0 spiro atoms. The summed E-state index contributed by atoms with van der Waals surface area (Å²) >= 11 is 0. The average molecular weight is 318 g/mol. The summed E-state index contributed by atoms with van der Waals surface area (Å²) in [6, 6.07) is 8.53. The lowest BCUT2D eigenvalue weighted by atomic mass is 10.0. The molecule has 0 aromatic heterocycles. The van der Waals surface area contributed by atoms with Crippen molar-refractivity contribution in [2.45, 2.75) is 34.1 Å². The molecule has 0 N–H and O–H groups in total. The average Bonchev–Trinajstić information content (AvgIpc) is 2.98. The zero-order valence-corrected chi connectivity index (χ0v) is 15.3. The van der Waals surface area contributed by atoms with E-state index in [2.05, 4.69) is 73.5 Å². The highest BCUT2D eigenvalue weighted by Gasteiger charge is 2.10. The van der Waals surface area contributed by atoms with Gasteiger partial charge in [0.1, 0.15) is 0 Å². The smallest absolute Gasteiger partial charge is 0.150 e. The van der Waals surface area contributed by atoms with Crippen LogP contribution in [0.1, 0.15) is 38.3 Å². The predicted molar refractivity (Wildman–Crippen MR) is 107 cm³/mol. The Hall–Kier alpha value is -2.48. The first-order chi connectivity index (χ1) is 11.5. The number of benzene rings is 1. The molecule has 1 aliphatic carbocycles. The van der Waals surface area contributed by atoms with Crippen LogP contribution in [-0.2, 0) is 0 Å². The Labute approximate surface area is 145 Å². The summed E-state index contributed by atoms with van der Waals surface area (Å²) < 4.78 is 0. The van der Waals surface area contributed by atoms with Crippen LogP contribution in [0.5, 0.6) is 0 Å². The first-order valence-corrected chi connectivity index (χ1v) is 8.33. The topological polar surface area (TPSA) is 24.7 Å². The number of hydrogen-bond donors (Lipinski definition) is 0. The fraction of sp³-hybridized carbons (Fsp3) is 0.273. The highest BCUT2D eigenvalue weighted by Crippen LogP contribution is 2.21. The summed E-state index contributed by atoms with van der Waals surface area (Å²) in [4.78, 5) is 9.10. The molecule has 0 amide bonds. The highest BCUT2D eigenvalue weighted by atomic mass is 14.9. The summed E-state index contributed by atoms with van der Waals surface area (Å²) in [6.07, 6.45) is 11.5. The van der Waals surface area contributed by atoms with Crippen molar-refractivity contribution < 1.29 is 0 Å². The van der Waals surface area contributed by atoms with Crippen molar-refractivity contribution in [1.29, 1.82) is 0 Å². The van der Waals surface area contributed by atoms with Crippen molar-refractivity contribution >= 4 is 17.1 Å². The van der Waals surface area contributed by atoms with Gasteiger partial charge in [0.05, 0.1) is 0 Å². The van der Waals surface area contributed by atoms with Crippen molar-refractivity contribution in [1.82, 2.24) is 0 Å². The van der Waals surface area contributed by atoms with Gasteiger partial charge in [-0.2, -0.15) is 0 Å². The van der Waals surface area contributed by atoms with Gasteiger partial charge in [0.2, 0.25) is 0 Å². The second kappa shape index (κ2) is 8.39. The summed E-state index contributed by atoms with van der Waals surface area (Å²) in [5, 5.41) is 0. The third kappa shape index (κ3) is 4.76. The molecule has 0 aliphatic heterocycles. The Bertz CT molecular complexity index is 784. The number of nitrogens with zero attached hydrogens (tertiary/aromatic N) is 2. The molecule has 0 bridgehead atoms. The molecule has 1 aliphatic rings. The van der Waals surface area contributed by atoms with Crippen LogP contribution >= 0.6 is 0 Å². The molecule has 2 rings (SSSR count).